The van der Waals surface area contributed by atoms with E-state index in [0.717, 1.165) is 115 Å². The maximum atomic E-state index is 11.4. The Morgan fingerprint density at radius 3 is 0.550 bits per heavy atom. The van der Waals surface area contributed by atoms with Crippen molar-refractivity contribution < 1.29 is 40.9 Å². The number of hydrogen-bond acceptors (Lipinski definition) is 8. The van der Waals surface area contributed by atoms with E-state index in [1.807, 2.05) is 13.8 Å². The first-order valence-electron chi connectivity index (χ1n) is 44.6. The third kappa shape index (κ3) is 26.1. The maximum Gasteiger partial charge on any atom is 0.123 e. The quantitative estimate of drug-likeness (QED) is 0.0600. The Labute approximate surface area is 732 Å². The number of phenolic OH excluding ortho intramolecular Hbond substituents is 8. The fourth-order valence-electron chi connectivity index (χ4n) is 16.1. The van der Waals surface area contributed by atoms with Gasteiger partial charge in [-0.25, -0.2) is 0 Å². The second kappa shape index (κ2) is 36.5. The molecule has 120 heavy (non-hydrogen) atoms. The Morgan fingerprint density at radius 2 is 0.358 bits per heavy atom. The zero-order valence-electron chi connectivity index (χ0n) is 84.0. The van der Waals surface area contributed by atoms with Gasteiger partial charge in [0.2, 0.25) is 0 Å². The van der Waals surface area contributed by atoms with Gasteiger partial charge < -0.3 is 40.9 Å². The Hall–Kier alpha value is -7.84. The summed E-state index contributed by atoms with van der Waals surface area (Å²) in [6.45, 7) is 94.4. The molecule has 0 unspecified atom stereocenters. The Morgan fingerprint density at radius 1 is 0.192 bits per heavy atom. The van der Waals surface area contributed by atoms with Crippen molar-refractivity contribution in [1.82, 2.24) is 0 Å². The molecule has 0 aliphatic carbocycles. The zero-order chi connectivity index (χ0) is 92.9. The highest BCUT2D eigenvalue weighted by Crippen LogP contribution is 2.51. The lowest BCUT2D eigenvalue weighted by Crippen LogP contribution is -2.19. The van der Waals surface area contributed by atoms with E-state index in [1.165, 1.54) is 44.5 Å². The van der Waals surface area contributed by atoms with Crippen LogP contribution in [0.2, 0.25) is 0 Å². The summed E-state index contributed by atoms with van der Waals surface area (Å²) in [5.74, 6) is 3.84. The lowest BCUT2D eigenvalue weighted by Gasteiger charge is -2.31. The number of aromatic hydroxyl groups is 8. The largest absolute Gasteiger partial charge is 0.507 e. The molecular formula is C112H168O8. The lowest BCUT2D eigenvalue weighted by molar-refractivity contribution is 0.422. The van der Waals surface area contributed by atoms with E-state index in [9.17, 15) is 40.9 Å². The van der Waals surface area contributed by atoms with Crippen molar-refractivity contribution in [2.45, 2.75) is 407 Å². The summed E-state index contributed by atoms with van der Waals surface area (Å²) < 4.78 is 0. The summed E-state index contributed by atoms with van der Waals surface area (Å²) in [7, 11) is 0. The Kier molecular flexibility index (Phi) is 31.3. The molecule has 8 heteroatoms. The van der Waals surface area contributed by atoms with Crippen LogP contribution in [0.25, 0.3) is 0 Å². The molecule has 0 radical (unpaired) electrons. The van der Waals surface area contributed by atoms with Gasteiger partial charge in [0.1, 0.15) is 46.0 Å². The van der Waals surface area contributed by atoms with Crippen molar-refractivity contribution in [1.29, 1.82) is 0 Å². The number of hydrogen-bond donors (Lipinski definition) is 8. The van der Waals surface area contributed by atoms with Crippen LogP contribution in [-0.4, -0.2) is 40.9 Å². The van der Waals surface area contributed by atoms with Gasteiger partial charge in [0.15, 0.2) is 0 Å². The van der Waals surface area contributed by atoms with Crippen LogP contribution >= 0.6 is 0 Å². The topological polar surface area (TPSA) is 162 Å². The van der Waals surface area contributed by atoms with Gasteiger partial charge in [-0.05, 0) is 228 Å². The van der Waals surface area contributed by atoms with Crippen molar-refractivity contribution in [3.05, 3.63) is 231 Å². The van der Waals surface area contributed by atoms with Crippen LogP contribution in [0.5, 0.6) is 46.0 Å². The zero-order valence-corrected chi connectivity index (χ0v) is 84.0. The van der Waals surface area contributed by atoms with E-state index >= 15 is 0 Å². The molecule has 0 aromatic heterocycles. The average molecular weight is 1640 g/mol. The maximum absolute atomic E-state index is 11.4. The number of phenols is 8. The van der Waals surface area contributed by atoms with Gasteiger partial charge in [0.05, 0.1) is 0 Å². The van der Waals surface area contributed by atoms with Crippen LogP contribution in [-0.2, 0) is 90.7 Å². The molecule has 0 saturated heterocycles. The molecule has 0 heterocycles. The second-order valence-electron chi connectivity index (χ2n) is 48.8. The normalized spacial score (nSPS) is 13.2. The van der Waals surface area contributed by atoms with Crippen LogP contribution in [0.3, 0.4) is 0 Å². The van der Waals surface area contributed by atoms with E-state index in [1.54, 1.807) is 0 Å². The van der Waals surface area contributed by atoms with Gasteiger partial charge >= 0.3 is 0 Å². The van der Waals surface area contributed by atoms with Gasteiger partial charge in [-0.15, -0.1) is 0 Å². The van der Waals surface area contributed by atoms with Gasteiger partial charge in [-0.3, -0.25) is 0 Å². The van der Waals surface area contributed by atoms with Crippen molar-refractivity contribution in [2.24, 2.45) is 11.8 Å². The standard InChI is InChI=1S/2C30H46O2.C29H44O2.C23H32O2/c1-18(21-14-19(27(2,3)4)16-23(25(21)31)29(8,9)10)22-15-20(28(5,6)7)17-24(26(22)32)30(11,12)13;1-18(2)12-21-14-23(27(31)25(16-21)29(6,7)8)20(5)24-15-22(13-19(3)4)17-26(28(24)32)30(9,10)11;1-26(2,3)20-14-18(15-21(24(20)30)27(4,5)6)13-19-16-22(28(7,8)9)25(31)23(17-19)29(10,11)12;1-14-9-16(12-18(20(14)24)22(3,4)5)11-17-10-15(2)21(25)19(13-17)23(6,7)8/h14-18,31-32H,1-13H3;14-20,31-32H,12-13H2,1-11H3;14-17,30-31H,13H2,1-12H3;9-10,12-13,24-25H,11H2,1-8H3. The molecule has 8 aromatic rings. The third-order valence-electron chi connectivity index (χ3n) is 23.5. The van der Waals surface area contributed by atoms with Gasteiger partial charge in [-0.2, -0.15) is 0 Å². The summed E-state index contributed by atoms with van der Waals surface area (Å²) >= 11 is 0. The SMILES string of the molecule is CC(C)(C)c1cc(Cc2cc(C(C)(C)C)c(O)c(C(C)(C)C)c2)cc(C(C)(C)C)c1O.CC(C)Cc1cc(C(C)c2cc(CC(C)C)cc(C(C)(C)C)c2O)c(O)c(C(C)(C)C)c1.CC(c1cc(C(C)(C)C)cc(C(C)(C)C)c1O)c1cc(C(C)(C)C)cc(C(C)(C)C)c1O.Cc1cc(Cc2cc(C)c(O)c(C(C)(C)C)c2)cc(C(C)(C)C)c1O. The van der Waals surface area contributed by atoms with Crippen LogP contribution in [0.4, 0.5) is 0 Å². The van der Waals surface area contributed by atoms with Crippen LogP contribution < -0.4 is 0 Å². The monoisotopic (exact) mass is 1640 g/mol. The molecule has 0 aliphatic rings. The minimum atomic E-state index is -0.189. The van der Waals surface area contributed by atoms with Crippen LogP contribution in [0.1, 0.15) is 436 Å². The van der Waals surface area contributed by atoms with Crippen LogP contribution in [0, 0.1) is 25.7 Å². The lowest BCUT2D eigenvalue weighted by atomic mass is 9.74. The highest BCUT2D eigenvalue weighted by Gasteiger charge is 2.36. The van der Waals surface area contributed by atoms with E-state index in [4.69, 9.17) is 0 Å². The van der Waals surface area contributed by atoms with Crippen molar-refractivity contribution in [2.75, 3.05) is 0 Å². The summed E-state index contributed by atoms with van der Waals surface area (Å²) in [5.41, 5.74) is 23.2. The molecular weight excluding hydrogens is 1470 g/mol. The highest BCUT2D eigenvalue weighted by molar-refractivity contribution is 5.61. The molecule has 8 aromatic carbocycles. The Bertz CT molecular complexity index is 4520. The number of benzene rings is 8. The first-order valence-corrected chi connectivity index (χ1v) is 44.6. The summed E-state index contributed by atoms with van der Waals surface area (Å²) in [6, 6.07) is 34.2. The molecule has 0 bridgehead atoms. The fraction of sp³-hybridized carbons (Fsp3) is 0.571. The van der Waals surface area contributed by atoms with Crippen molar-refractivity contribution in [3.8, 4) is 46.0 Å². The van der Waals surface area contributed by atoms with Gasteiger partial charge in [-0.1, -0.05) is 388 Å². The molecule has 0 atom stereocenters. The minimum absolute atomic E-state index is 0.0476. The molecule has 0 fully saturated rings. The predicted molar refractivity (Wildman–Crippen MR) is 516 cm³/mol. The van der Waals surface area contributed by atoms with Gasteiger partial charge in [0, 0.05) is 34.1 Å². The molecule has 8 N–H and O–H groups in total. The smallest absolute Gasteiger partial charge is 0.123 e. The van der Waals surface area contributed by atoms with Crippen LogP contribution in [0.15, 0.2) is 97.1 Å². The molecule has 664 valence electrons. The molecule has 0 aliphatic heterocycles. The van der Waals surface area contributed by atoms with Crippen molar-refractivity contribution in [3.63, 3.8) is 0 Å². The molecule has 0 saturated carbocycles. The van der Waals surface area contributed by atoms with E-state index in [0.29, 0.717) is 57.8 Å². The minimum Gasteiger partial charge on any atom is -0.507 e. The molecule has 0 spiro atoms. The van der Waals surface area contributed by atoms with E-state index < -0.39 is 0 Å². The first kappa shape index (κ1) is 103. The summed E-state index contributed by atoms with van der Waals surface area (Å²) in [6.07, 6.45) is 3.48. The highest BCUT2D eigenvalue weighted by atomic mass is 16.3. The second-order valence-corrected chi connectivity index (χ2v) is 48.8. The third-order valence-corrected chi connectivity index (χ3v) is 23.5. The first-order chi connectivity index (χ1) is 53.7. The predicted octanol–water partition coefficient (Wildman–Crippen LogP) is 30.5. The number of rotatable bonds is 12. The summed E-state index contributed by atoms with van der Waals surface area (Å²) in [5, 5.41) is 88.5. The number of aryl methyl sites for hydroxylation is 2. The molecule has 0 amide bonds. The molecule has 8 nitrogen and oxygen atoms in total. The average Bonchev–Trinajstić information content (AvgIpc) is 0.774. The van der Waals surface area contributed by atoms with E-state index in [-0.39, 0.29) is 76.8 Å². The van der Waals surface area contributed by atoms with Gasteiger partial charge in [0.25, 0.3) is 0 Å². The fourth-order valence-corrected chi connectivity index (χ4v) is 16.1. The summed E-state index contributed by atoms with van der Waals surface area (Å²) in [4.78, 5) is 0. The molecule has 8 rings (SSSR count). The Balaban J connectivity index is 0.000000286. The van der Waals surface area contributed by atoms with E-state index in [2.05, 4.69) is 388 Å². The van der Waals surface area contributed by atoms with Crippen molar-refractivity contribution >= 4 is 0 Å².